The van der Waals surface area contributed by atoms with Crippen LogP contribution in [0.5, 0.6) is 11.5 Å². The fourth-order valence-electron chi connectivity index (χ4n) is 2.71. The number of imidazole rings is 1. The third kappa shape index (κ3) is 3.23. The predicted molar refractivity (Wildman–Crippen MR) is 92.1 cm³/mol. The van der Waals surface area contributed by atoms with Crippen molar-refractivity contribution in [1.82, 2.24) is 9.55 Å². The zero-order valence-corrected chi connectivity index (χ0v) is 13.4. The van der Waals surface area contributed by atoms with E-state index in [1.165, 1.54) is 0 Å². The molecule has 5 nitrogen and oxygen atoms in total. The molecule has 120 valence electrons. The van der Waals surface area contributed by atoms with Crippen molar-refractivity contribution in [2.45, 2.75) is 25.9 Å². The lowest BCUT2D eigenvalue weighted by Crippen LogP contribution is -2.18. The lowest BCUT2D eigenvalue weighted by molar-refractivity contribution is 0.374. The van der Waals surface area contributed by atoms with Crippen LogP contribution in [0.25, 0.3) is 11.0 Å². The maximum atomic E-state index is 9.83. The summed E-state index contributed by atoms with van der Waals surface area (Å²) in [6.45, 7) is 2.98. The number of nitrogens with one attached hydrogen (secondary N) is 1. The monoisotopic (exact) mass is 311 g/mol. The molecule has 23 heavy (non-hydrogen) atoms. The summed E-state index contributed by atoms with van der Waals surface area (Å²) in [5.74, 6) is 0.623. The van der Waals surface area contributed by atoms with Gasteiger partial charge in [0, 0.05) is 12.6 Å². The lowest BCUT2D eigenvalue weighted by atomic mass is 10.2. The molecule has 5 heteroatoms. The first-order valence-electron chi connectivity index (χ1n) is 7.71. The van der Waals surface area contributed by atoms with E-state index in [1.807, 2.05) is 30.6 Å². The zero-order chi connectivity index (χ0) is 16.2. The van der Waals surface area contributed by atoms with E-state index in [-0.39, 0.29) is 11.8 Å². The van der Waals surface area contributed by atoms with Crippen LogP contribution in [-0.4, -0.2) is 27.8 Å². The molecule has 1 aromatic heterocycles. The Balaban J connectivity index is 1.66. The average molecular weight is 311 g/mol. The van der Waals surface area contributed by atoms with E-state index in [9.17, 15) is 5.11 Å². The minimum Gasteiger partial charge on any atom is -0.504 e. The summed E-state index contributed by atoms with van der Waals surface area (Å²) in [6, 6.07) is 13.7. The molecule has 1 atom stereocenters. The van der Waals surface area contributed by atoms with Crippen LogP contribution >= 0.6 is 0 Å². The molecular weight excluding hydrogens is 290 g/mol. The van der Waals surface area contributed by atoms with Crippen molar-refractivity contribution in [2.75, 3.05) is 12.4 Å². The molecule has 0 bridgehead atoms. The van der Waals surface area contributed by atoms with Crippen molar-refractivity contribution in [3.63, 3.8) is 0 Å². The van der Waals surface area contributed by atoms with Gasteiger partial charge in [-0.25, -0.2) is 4.98 Å². The molecule has 0 radical (unpaired) electrons. The number of aryl methyl sites for hydroxylation is 1. The highest BCUT2D eigenvalue weighted by molar-refractivity contribution is 5.74. The normalized spacial score (nSPS) is 12.3. The second-order valence-corrected chi connectivity index (χ2v) is 5.62. The van der Waals surface area contributed by atoms with Crippen LogP contribution in [0.15, 0.2) is 48.8 Å². The number of aromatic hydroxyl groups is 1. The average Bonchev–Trinajstić information content (AvgIpc) is 2.96. The molecule has 0 fully saturated rings. The molecule has 0 saturated heterocycles. The molecule has 0 aliphatic carbocycles. The van der Waals surface area contributed by atoms with Gasteiger partial charge in [-0.15, -0.1) is 0 Å². The Labute approximate surface area is 135 Å². The van der Waals surface area contributed by atoms with Crippen LogP contribution in [0, 0.1) is 0 Å². The number of hydrogen-bond donors (Lipinski definition) is 2. The number of ether oxygens (including phenoxy) is 1. The summed E-state index contributed by atoms with van der Waals surface area (Å²) in [5, 5.41) is 13.2. The highest BCUT2D eigenvalue weighted by atomic mass is 16.5. The van der Waals surface area contributed by atoms with E-state index in [4.69, 9.17) is 4.74 Å². The predicted octanol–water partition coefficient (Wildman–Crippen LogP) is 3.64. The number of methoxy groups -OCH3 is 1. The molecule has 0 saturated carbocycles. The SMILES string of the molecule is COc1c(O)cccc1NC(C)CCn1cnc2ccccc21. The summed E-state index contributed by atoms with van der Waals surface area (Å²) in [4.78, 5) is 4.41. The van der Waals surface area contributed by atoms with Gasteiger partial charge in [-0.3, -0.25) is 0 Å². The van der Waals surface area contributed by atoms with Crippen LogP contribution < -0.4 is 10.1 Å². The Kier molecular flexibility index (Phi) is 4.37. The number of nitrogens with zero attached hydrogens (tertiary/aromatic N) is 2. The van der Waals surface area contributed by atoms with Crippen LogP contribution in [0.3, 0.4) is 0 Å². The summed E-state index contributed by atoms with van der Waals surface area (Å²) >= 11 is 0. The number of aromatic nitrogens is 2. The van der Waals surface area contributed by atoms with Crippen molar-refractivity contribution in [1.29, 1.82) is 0 Å². The minimum atomic E-state index is 0.144. The molecule has 0 spiro atoms. The number of hydrogen-bond acceptors (Lipinski definition) is 4. The number of benzene rings is 2. The van der Waals surface area contributed by atoms with Gasteiger partial charge in [0.05, 0.1) is 30.2 Å². The molecule has 3 rings (SSSR count). The zero-order valence-electron chi connectivity index (χ0n) is 13.4. The number of phenols is 1. The first kappa shape index (κ1) is 15.2. The van der Waals surface area contributed by atoms with E-state index in [0.29, 0.717) is 5.75 Å². The van der Waals surface area contributed by atoms with Gasteiger partial charge in [-0.1, -0.05) is 18.2 Å². The molecule has 1 unspecified atom stereocenters. The van der Waals surface area contributed by atoms with Crippen LogP contribution in [-0.2, 0) is 6.54 Å². The smallest absolute Gasteiger partial charge is 0.183 e. The second-order valence-electron chi connectivity index (χ2n) is 5.62. The summed E-state index contributed by atoms with van der Waals surface area (Å²) in [7, 11) is 1.56. The van der Waals surface area contributed by atoms with Crippen molar-refractivity contribution < 1.29 is 9.84 Å². The van der Waals surface area contributed by atoms with Gasteiger partial charge in [0.2, 0.25) is 0 Å². The molecule has 2 N–H and O–H groups in total. The molecule has 1 heterocycles. The number of para-hydroxylation sites is 3. The van der Waals surface area contributed by atoms with E-state index in [2.05, 4.69) is 27.9 Å². The second kappa shape index (κ2) is 6.60. The number of rotatable bonds is 6. The Morgan fingerprint density at radius 1 is 1.22 bits per heavy atom. The van der Waals surface area contributed by atoms with Gasteiger partial charge in [0.15, 0.2) is 11.5 Å². The Morgan fingerprint density at radius 2 is 2.04 bits per heavy atom. The standard InChI is InChI=1S/C18H21N3O2/c1-13(20-15-7-5-9-17(22)18(15)23-2)10-11-21-12-19-14-6-3-4-8-16(14)21/h3-9,12-13,20,22H,10-11H2,1-2H3. The molecule has 0 amide bonds. The van der Waals surface area contributed by atoms with Crippen molar-refractivity contribution >= 4 is 16.7 Å². The van der Waals surface area contributed by atoms with Crippen molar-refractivity contribution in [3.8, 4) is 11.5 Å². The van der Waals surface area contributed by atoms with Gasteiger partial charge in [-0.05, 0) is 37.6 Å². The Morgan fingerprint density at radius 3 is 2.87 bits per heavy atom. The number of phenolic OH excluding ortho intramolecular Hbond substituents is 1. The summed E-state index contributed by atoms with van der Waals surface area (Å²) < 4.78 is 7.42. The van der Waals surface area contributed by atoms with Gasteiger partial charge < -0.3 is 19.7 Å². The van der Waals surface area contributed by atoms with E-state index in [0.717, 1.165) is 29.7 Å². The third-order valence-electron chi connectivity index (χ3n) is 3.93. The molecular formula is C18H21N3O2. The Hall–Kier alpha value is -2.69. The van der Waals surface area contributed by atoms with Crippen LogP contribution in [0.1, 0.15) is 13.3 Å². The number of anilines is 1. The molecule has 0 aliphatic rings. The van der Waals surface area contributed by atoms with E-state index >= 15 is 0 Å². The lowest BCUT2D eigenvalue weighted by Gasteiger charge is -2.18. The summed E-state index contributed by atoms with van der Waals surface area (Å²) in [6.07, 6.45) is 2.81. The van der Waals surface area contributed by atoms with Gasteiger partial charge in [0.25, 0.3) is 0 Å². The van der Waals surface area contributed by atoms with Crippen molar-refractivity contribution in [3.05, 3.63) is 48.8 Å². The first-order chi connectivity index (χ1) is 11.2. The van der Waals surface area contributed by atoms with Gasteiger partial charge >= 0.3 is 0 Å². The van der Waals surface area contributed by atoms with E-state index in [1.54, 1.807) is 19.2 Å². The Bertz CT molecular complexity index is 798. The minimum absolute atomic E-state index is 0.144. The van der Waals surface area contributed by atoms with Crippen molar-refractivity contribution in [2.24, 2.45) is 0 Å². The molecule has 2 aromatic carbocycles. The topological polar surface area (TPSA) is 59.3 Å². The molecule has 0 aliphatic heterocycles. The quantitative estimate of drug-likeness (QED) is 0.729. The van der Waals surface area contributed by atoms with Gasteiger partial charge in [0.1, 0.15) is 0 Å². The fraction of sp³-hybridized carbons (Fsp3) is 0.278. The maximum Gasteiger partial charge on any atom is 0.183 e. The fourth-order valence-corrected chi connectivity index (χ4v) is 2.71. The first-order valence-corrected chi connectivity index (χ1v) is 7.71. The largest absolute Gasteiger partial charge is 0.504 e. The van der Waals surface area contributed by atoms with Crippen LogP contribution in [0.4, 0.5) is 5.69 Å². The third-order valence-corrected chi connectivity index (χ3v) is 3.93. The maximum absolute atomic E-state index is 9.83. The number of fused-ring (bicyclic) bond motifs is 1. The molecule has 3 aromatic rings. The highest BCUT2D eigenvalue weighted by Gasteiger charge is 2.11. The van der Waals surface area contributed by atoms with E-state index < -0.39 is 0 Å². The summed E-state index contributed by atoms with van der Waals surface area (Å²) in [5.41, 5.74) is 2.97. The van der Waals surface area contributed by atoms with Crippen LogP contribution in [0.2, 0.25) is 0 Å². The highest BCUT2D eigenvalue weighted by Crippen LogP contribution is 2.34. The van der Waals surface area contributed by atoms with Gasteiger partial charge in [-0.2, -0.15) is 0 Å².